The molecule has 0 fully saturated rings. The van der Waals surface area contributed by atoms with E-state index in [1.165, 1.54) is 0 Å². The lowest BCUT2D eigenvalue weighted by Gasteiger charge is -2.09. The first-order valence-electron chi connectivity index (χ1n) is 4.36. The van der Waals surface area contributed by atoms with E-state index in [2.05, 4.69) is 10.2 Å². The van der Waals surface area contributed by atoms with E-state index in [0.717, 1.165) is 0 Å². The van der Waals surface area contributed by atoms with Gasteiger partial charge in [0.25, 0.3) is 0 Å². The molecule has 1 atom stereocenters. The fourth-order valence-electron chi connectivity index (χ4n) is 0.876. The van der Waals surface area contributed by atoms with Crippen LogP contribution < -0.4 is 5.73 Å². The molecule has 0 aliphatic rings. The third-order valence-corrected chi connectivity index (χ3v) is 1.77. The molecule has 2 N–H and O–H groups in total. The highest BCUT2D eigenvalue weighted by molar-refractivity contribution is 5.35. The molecule has 0 saturated heterocycles. The van der Waals surface area contributed by atoms with Gasteiger partial charge in [0.05, 0.1) is 6.04 Å². The van der Waals surface area contributed by atoms with Crippen LogP contribution in [0.15, 0.2) is 10.5 Å². The molecule has 0 spiro atoms. The SMILES string of the molecule is C/C=C/c1nnc([C@@H](N)C(C)C)o1. The number of nitrogens with two attached hydrogens (primary N) is 1. The second kappa shape index (κ2) is 4.18. The summed E-state index contributed by atoms with van der Waals surface area (Å²) in [7, 11) is 0. The summed E-state index contributed by atoms with van der Waals surface area (Å²) in [6.07, 6.45) is 3.60. The predicted octanol–water partition coefficient (Wildman–Crippen LogP) is 1.76. The summed E-state index contributed by atoms with van der Waals surface area (Å²) >= 11 is 0. The van der Waals surface area contributed by atoms with E-state index in [1.807, 2.05) is 26.8 Å². The number of hydrogen-bond donors (Lipinski definition) is 1. The maximum atomic E-state index is 5.83. The van der Waals surface area contributed by atoms with Crippen molar-refractivity contribution in [2.75, 3.05) is 0 Å². The van der Waals surface area contributed by atoms with Gasteiger partial charge in [0, 0.05) is 0 Å². The molecule has 4 nitrogen and oxygen atoms in total. The van der Waals surface area contributed by atoms with Crippen LogP contribution in [0.3, 0.4) is 0 Å². The lowest BCUT2D eigenvalue weighted by Crippen LogP contribution is -2.16. The van der Waals surface area contributed by atoms with Crippen molar-refractivity contribution < 1.29 is 4.42 Å². The highest BCUT2D eigenvalue weighted by atomic mass is 16.4. The van der Waals surface area contributed by atoms with E-state index in [9.17, 15) is 0 Å². The van der Waals surface area contributed by atoms with Gasteiger partial charge in [0.2, 0.25) is 11.8 Å². The molecule has 72 valence electrons. The second-order valence-electron chi connectivity index (χ2n) is 3.25. The van der Waals surface area contributed by atoms with Crippen LogP contribution in [0.4, 0.5) is 0 Å². The molecule has 1 heterocycles. The Hall–Kier alpha value is -1.16. The zero-order chi connectivity index (χ0) is 9.84. The molecule has 0 unspecified atom stereocenters. The van der Waals surface area contributed by atoms with Gasteiger partial charge in [-0.15, -0.1) is 10.2 Å². The van der Waals surface area contributed by atoms with Gasteiger partial charge in [0.15, 0.2) is 0 Å². The number of hydrogen-bond acceptors (Lipinski definition) is 4. The molecule has 4 heteroatoms. The van der Waals surface area contributed by atoms with E-state index in [1.54, 1.807) is 6.08 Å². The molecule has 0 saturated carbocycles. The van der Waals surface area contributed by atoms with Crippen LogP contribution in [-0.2, 0) is 0 Å². The van der Waals surface area contributed by atoms with Crippen LogP contribution in [0, 0.1) is 5.92 Å². The maximum absolute atomic E-state index is 5.83. The third kappa shape index (κ3) is 2.39. The molecule has 0 amide bonds. The minimum atomic E-state index is -0.175. The Morgan fingerprint density at radius 1 is 1.38 bits per heavy atom. The molecular weight excluding hydrogens is 166 g/mol. The Balaban J connectivity index is 2.79. The van der Waals surface area contributed by atoms with Crippen molar-refractivity contribution in [1.29, 1.82) is 0 Å². The number of allylic oxidation sites excluding steroid dienone is 1. The van der Waals surface area contributed by atoms with E-state index in [0.29, 0.717) is 17.7 Å². The van der Waals surface area contributed by atoms with E-state index < -0.39 is 0 Å². The summed E-state index contributed by atoms with van der Waals surface area (Å²) < 4.78 is 5.31. The van der Waals surface area contributed by atoms with Crippen LogP contribution in [0.5, 0.6) is 0 Å². The van der Waals surface area contributed by atoms with Crippen molar-refractivity contribution in [3.8, 4) is 0 Å². The van der Waals surface area contributed by atoms with Crippen LogP contribution >= 0.6 is 0 Å². The van der Waals surface area contributed by atoms with Gasteiger partial charge in [-0.05, 0) is 18.9 Å². The molecule has 0 aliphatic carbocycles. The first-order chi connectivity index (χ1) is 6.15. The molecule has 0 aliphatic heterocycles. The van der Waals surface area contributed by atoms with Gasteiger partial charge in [0.1, 0.15) is 0 Å². The summed E-state index contributed by atoms with van der Waals surface area (Å²) in [5, 5.41) is 7.69. The molecule has 0 aromatic carbocycles. The van der Waals surface area contributed by atoms with Crippen molar-refractivity contribution in [3.05, 3.63) is 17.9 Å². The quantitative estimate of drug-likeness (QED) is 0.771. The normalized spacial score (nSPS) is 14.2. The molecule has 0 bridgehead atoms. The van der Waals surface area contributed by atoms with Crippen molar-refractivity contribution in [3.63, 3.8) is 0 Å². The van der Waals surface area contributed by atoms with Crippen molar-refractivity contribution in [1.82, 2.24) is 10.2 Å². The Kier molecular flexibility index (Phi) is 3.19. The maximum Gasteiger partial charge on any atom is 0.240 e. The average molecular weight is 181 g/mol. The van der Waals surface area contributed by atoms with E-state index in [-0.39, 0.29) is 6.04 Å². The van der Waals surface area contributed by atoms with E-state index in [4.69, 9.17) is 10.2 Å². The van der Waals surface area contributed by atoms with E-state index >= 15 is 0 Å². The zero-order valence-corrected chi connectivity index (χ0v) is 8.19. The fourth-order valence-corrected chi connectivity index (χ4v) is 0.876. The minimum absolute atomic E-state index is 0.175. The van der Waals surface area contributed by atoms with Gasteiger partial charge < -0.3 is 10.2 Å². The average Bonchev–Trinajstić information content (AvgIpc) is 2.52. The topological polar surface area (TPSA) is 64.9 Å². The largest absolute Gasteiger partial charge is 0.420 e. The summed E-state index contributed by atoms with van der Waals surface area (Å²) in [4.78, 5) is 0. The minimum Gasteiger partial charge on any atom is -0.420 e. The first kappa shape index (κ1) is 9.92. The molecule has 13 heavy (non-hydrogen) atoms. The summed E-state index contributed by atoms with van der Waals surface area (Å²) in [5.41, 5.74) is 5.83. The predicted molar refractivity (Wildman–Crippen MR) is 50.8 cm³/mol. The van der Waals surface area contributed by atoms with Crippen LogP contribution in [0.1, 0.15) is 38.6 Å². The highest BCUT2D eigenvalue weighted by Crippen LogP contribution is 2.17. The molecule has 1 rings (SSSR count). The van der Waals surface area contributed by atoms with Gasteiger partial charge in [-0.2, -0.15) is 0 Å². The fraction of sp³-hybridized carbons (Fsp3) is 0.556. The van der Waals surface area contributed by atoms with Crippen LogP contribution in [0.2, 0.25) is 0 Å². The van der Waals surface area contributed by atoms with Crippen molar-refractivity contribution in [2.45, 2.75) is 26.8 Å². The zero-order valence-electron chi connectivity index (χ0n) is 8.19. The standard InChI is InChI=1S/C9H15N3O/c1-4-5-7-11-12-9(13-7)8(10)6(2)3/h4-6,8H,10H2,1-3H3/b5-4+/t8-/m0/s1. The van der Waals surface area contributed by atoms with Gasteiger partial charge in [-0.1, -0.05) is 19.9 Å². The lowest BCUT2D eigenvalue weighted by molar-refractivity contribution is 0.385. The molecule has 1 aromatic rings. The Morgan fingerprint density at radius 2 is 2.08 bits per heavy atom. The molecule has 1 aromatic heterocycles. The van der Waals surface area contributed by atoms with Crippen molar-refractivity contribution >= 4 is 6.08 Å². The van der Waals surface area contributed by atoms with Gasteiger partial charge >= 0.3 is 0 Å². The number of aromatic nitrogens is 2. The smallest absolute Gasteiger partial charge is 0.240 e. The summed E-state index contributed by atoms with van der Waals surface area (Å²) in [6, 6.07) is -0.175. The van der Waals surface area contributed by atoms with Crippen LogP contribution in [0.25, 0.3) is 6.08 Å². The monoisotopic (exact) mass is 181 g/mol. The van der Waals surface area contributed by atoms with Crippen LogP contribution in [-0.4, -0.2) is 10.2 Å². The Bertz CT molecular complexity index is 291. The summed E-state index contributed by atoms with van der Waals surface area (Å²) in [5.74, 6) is 1.32. The molecular formula is C9H15N3O. The Labute approximate surface area is 77.8 Å². The number of nitrogens with zero attached hydrogens (tertiary/aromatic N) is 2. The third-order valence-electron chi connectivity index (χ3n) is 1.77. The Morgan fingerprint density at radius 3 is 2.62 bits per heavy atom. The summed E-state index contributed by atoms with van der Waals surface area (Å²) in [6.45, 7) is 5.93. The van der Waals surface area contributed by atoms with Crippen molar-refractivity contribution in [2.24, 2.45) is 11.7 Å². The number of rotatable bonds is 3. The first-order valence-corrected chi connectivity index (χ1v) is 4.36. The molecule has 0 radical (unpaired) electrons. The van der Waals surface area contributed by atoms with Gasteiger partial charge in [-0.25, -0.2) is 0 Å². The van der Waals surface area contributed by atoms with Gasteiger partial charge in [-0.3, -0.25) is 0 Å². The highest BCUT2D eigenvalue weighted by Gasteiger charge is 2.16. The second-order valence-corrected chi connectivity index (χ2v) is 3.25. The lowest BCUT2D eigenvalue weighted by atomic mass is 10.1.